The van der Waals surface area contributed by atoms with Crippen LogP contribution in [0.4, 0.5) is 0 Å². The van der Waals surface area contributed by atoms with E-state index in [-0.39, 0.29) is 12.0 Å². The lowest BCUT2D eigenvalue weighted by Crippen LogP contribution is -2.30. The van der Waals surface area contributed by atoms with Crippen LogP contribution in [0.25, 0.3) is 0 Å². The Morgan fingerprint density at radius 2 is 2.00 bits per heavy atom. The molecular weight excluding hydrogens is 200 g/mol. The highest BCUT2D eigenvalue weighted by molar-refractivity contribution is 5.88. The normalized spacial score (nSPS) is 30.3. The zero-order valence-corrected chi connectivity index (χ0v) is 11.0. The van der Waals surface area contributed by atoms with Gasteiger partial charge in [0.1, 0.15) is 0 Å². The number of nitrogens with one attached hydrogen (secondary N) is 2. The molecule has 3 atom stereocenters. The van der Waals surface area contributed by atoms with Gasteiger partial charge in [-0.3, -0.25) is 4.79 Å². The average molecular weight is 226 g/mol. The second-order valence-electron chi connectivity index (χ2n) is 5.30. The van der Waals surface area contributed by atoms with Gasteiger partial charge < -0.3 is 10.6 Å². The van der Waals surface area contributed by atoms with E-state index in [1.807, 2.05) is 6.92 Å². The molecule has 0 saturated carbocycles. The number of rotatable bonds is 6. The first-order valence-electron chi connectivity index (χ1n) is 6.55. The lowest BCUT2D eigenvalue weighted by Gasteiger charge is -2.11. The van der Waals surface area contributed by atoms with Gasteiger partial charge in [-0.15, -0.1) is 0 Å². The third kappa shape index (κ3) is 3.87. The molecule has 0 aromatic carbocycles. The van der Waals surface area contributed by atoms with Crippen LogP contribution in [0.2, 0.25) is 0 Å². The summed E-state index contributed by atoms with van der Waals surface area (Å²) in [6, 6.07) is 1.03. The summed E-state index contributed by atoms with van der Waals surface area (Å²) in [7, 11) is 0. The fourth-order valence-corrected chi connectivity index (χ4v) is 2.20. The molecule has 3 nitrogen and oxygen atoms in total. The molecule has 1 fully saturated rings. The Bertz CT molecular complexity index is 228. The molecule has 0 amide bonds. The molecule has 94 valence electrons. The van der Waals surface area contributed by atoms with Gasteiger partial charge in [-0.2, -0.15) is 0 Å². The minimum Gasteiger partial charge on any atom is -0.315 e. The first-order valence-corrected chi connectivity index (χ1v) is 6.55. The molecule has 1 aliphatic heterocycles. The maximum Gasteiger partial charge on any atom is 0.154 e. The number of hydrogen-bond donors (Lipinski definition) is 2. The standard InChI is InChI=1S/C13H26N2O/c1-9(2)14-8-6-5-7-12-13(16)10(3)11(4)15-12/h9-12,14-15H,5-8H2,1-4H3/t10-,11+,12-/m0/s1. The van der Waals surface area contributed by atoms with Crippen molar-refractivity contribution >= 4 is 5.78 Å². The molecule has 0 radical (unpaired) electrons. The van der Waals surface area contributed by atoms with Crippen LogP contribution in [-0.2, 0) is 4.79 Å². The predicted molar refractivity (Wildman–Crippen MR) is 67.5 cm³/mol. The first-order chi connectivity index (χ1) is 7.52. The lowest BCUT2D eigenvalue weighted by molar-refractivity contribution is -0.121. The molecule has 0 aliphatic carbocycles. The molecule has 1 heterocycles. The summed E-state index contributed by atoms with van der Waals surface area (Å²) in [6.07, 6.45) is 3.28. The summed E-state index contributed by atoms with van der Waals surface area (Å²) in [5.74, 6) is 0.600. The minimum atomic E-state index is 0.115. The number of Topliss-reactive ketones (excluding diaryl/α,β-unsaturated/α-hetero) is 1. The maximum atomic E-state index is 11.8. The quantitative estimate of drug-likeness (QED) is 0.678. The topological polar surface area (TPSA) is 41.1 Å². The van der Waals surface area contributed by atoms with E-state index in [0.29, 0.717) is 17.9 Å². The van der Waals surface area contributed by atoms with Crippen LogP contribution in [0.1, 0.15) is 47.0 Å². The van der Waals surface area contributed by atoms with Crippen LogP contribution >= 0.6 is 0 Å². The summed E-state index contributed by atoms with van der Waals surface area (Å²) in [5, 5.41) is 6.78. The van der Waals surface area contributed by atoms with Crippen molar-refractivity contribution in [2.24, 2.45) is 5.92 Å². The van der Waals surface area contributed by atoms with Gasteiger partial charge in [0, 0.05) is 18.0 Å². The average Bonchev–Trinajstić information content (AvgIpc) is 2.45. The van der Waals surface area contributed by atoms with Gasteiger partial charge >= 0.3 is 0 Å². The molecule has 0 spiro atoms. The van der Waals surface area contributed by atoms with Crippen LogP contribution in [0.15, 0.2) is 0 Å². The molecule has 0 aromatic heterocycles. The molecule has 0 bridgehead atoms. The fourth-order valence-electron chi connectivity index (χ4n) is 2.20. The summed E-state index contributed by atoms with van der Waals surface area (Å²) >= 11 is 0. The second-order valence-corrected chi connectivity index (χ2v) is 5.30. The summed E-state index contributed by atoms with van der Waals surface area (Å²) < 4.78 is 0. The van der Waals surface area contributed by atoms with E-state index in [0.717, 1.165) is 25.8 Å². The molecule has 0 unspecified atom stereocenters. The van der Waals surface area contributed by atoms with Crippen LogP contribution in [-0.4, -0.2) is 30.5 Å². The van der Waals surface area contributed by atoms with Gasteiger partial charge in [0.05, 0.1) is 6.04 Å². The zero-order chi connectivity index (χ0) is 12.1. The number of carbonyl (C=O) groups excluding carboxylic acids is 1. The van der Waals surface area contributed by atoms with E-state index in [2.05, 4.69) is 31.4 Å². The maximum absolute atomic E-state index is 11.8. The first kappa shape index (κ1) is 13.7. The highest BCUT2D eigenvalue weighted by atomic mass is 16.1. The molecular formula is C13H26N2O. The molecule has 1 rings (SSSR count). The molecule has 1 saturated heterocycles. The van der Waals surface area contributed by atoms with Crippen molar-refractivity contribution in [3.05, 3.63) is 0 Å². The van der Waals surface area contributed by atoms with Gasteiger partial charge in [-0.25, -0.2) is 0 Å². The number of ketones is 1. The van der Waals surface area contributed by atoms with Gasteiger partial charge in [0.25, 0.3) is 0 Å². The van der Waals surface area contributed by atoms with E-state index in [9.17, 15) is 4.79 Å². The Morgan fingerprint density at radius 1 is 1.31 bits per heavy atom. The minimum absolute atomic E-state index is 0.115. The van der Waals surface area contributed by atoms with Crippen molar-refractivity contribution in [3.8, 4) is 0 Å². The van der Waals surface area contributed by atoms with Crippen molar-refractivity contribution in [3.63, 3.8) is 0 Å². The van der Waals surface area contributed by atoms with Crippen molar-refractivity contribution in [1.29, 1.82) is 0 Å². The highest BCUT2D eigenvalue weighted by Gasteiger charge is 2.35. The van der Waals surface area contributed by atoms with Crippen molar-refractivity contribution in [2.45, 2.75) is 65.1 Å². The fraction of sp³-hybridized carbons (Fsp3) is 0.923. The van der Waals surface area contributed by atoms with Crippen molar-refractivity contribution < 1.29 is 4.79 Å². The summed E-state index contributed by atoms with van der Waals surface area (Å²) in [6.45, 7) is 9.50. The Kier molecular flexibility index (Phi) is 5.42. The van der Waals surface area contributed by atoms with Crippen LogP contribution in [0.3, 0.4) is 0 Å². The van der Waals surface area contributed by atoms with Gasteiger partial charge in [-0.1, -0.05) is 27.2 Å². The van der Waals surface area contributed by atoms with Gasteiger partial charge in [0.15, 0.2) is 5.78 Å². The summed E-state index contributed by atoms with van der Waals surface area (Å²) in [4.78, 5) is 11.8. The van der Waals surface area contributed by atoms with Gasteiger partial charge in [-0.05, 0) is 26.3 Å². The van der Waals surface area contributed by atoms with Gasteiger partial charge in [0.2, 0.25) is 0 Å². The van der Waals surface area contributed by atoms with E-state index in [4.69, 9.17) is 0 Å². The van der Waals surface area contributed by atoms with Crippen LogP contribution in [0.5, 0.6) is 0 Å². The van der Waals surface area contributed by atoms with Crippen molar-refractivity contribution in [1.82, 2.24) is 10.6 Å². The van der Waals surface area contributed by atoms with E-state index < -0.39 is 0 Å². The van der Waals surface area contributed by atoms with E-state index in [1.54, 1.807) is 0 Å². The number of unbranched alkanes of at least 4 members (excludes halogenated alkanes) is 1. The van der Waals surface area contributed by atoms with E-state index in [1.165, 1.54) is 0 Å². The number of hydrogen-bond acceptors (Lipinski definition) is 3. The smallest absolute Gasteiger partial charge is 0.154 e. The zero-order valence-electron chi connectivity index (χ0n) is 11.0. The largest absolute Gasteiger partial charge is 0.315 e. The molecule has 16 heavy (non-hydrogen) atoms. The predicted octanol–water partition coefficient (Wildman–Crippen LogP) is 1.72. The Labute approximate surface area is 99.4 Å². The van der Waals surface area contributed by atoms with E-state index >= 15 is 0 Å². The second kappa shape index (κ2) is 6.36. The van der Waals surface area contributed by atoms with Crippen LogP contribution < -0.4 is 10.6 Å². The Hall–Kier alpha value is -0.410. The van der Waals surface area contributed by atoms with Crippen LogP contribution in [0, 0.1) is 5.92 Å². The van der Waals surface area contributed by atoms with Crippen molar-refractivity contribution in [2.75, 3.05) is 6.54 Å². The molecule has 0 aromatic rings. The molecule has 3 heteroatoms. The Balaban J connectivity index is 2.12. The molecule has 1 aliphatic rings. The monoisotopic (exact) mass is 226 g/mol. The molecule has 2 N–H and O–H groups in total. The third-order valence-corrected chi connectivity index (χ3v) is 3.48. The Morgan fingerprint density at radius 3 is 2.50 bits per heavy atom. The lowest BCUT2D eigenvalue weighted by atomic mass is 9.99. The third-order valence-electron chi connectivity index (χ3n) is 3.48. The number of carbonyl (C=O) groups is 1. The SMILES string of the molecule is CC(C)NCCCC[C@@H]1N[C@H](C)[C@H](C)C1=O. The highest BCUT2D eigenvalue weighted by Crippen LogP contribution is 2.19. The summed E-state index contributed by atoms with van der Waals surface area (Å²) in [5.41, 5.74) is 0.